The maximum absolute atomic E-state index is 12.5. The van der Waals surface area contributed by atoms with Crippen molar-refractivity contribution in [2.45, 2.75) is 20.3 Å². The summed E-state index contributed by atoms with van der Waals surface area (Å²) >= 11 is 0. The number of amides is 1. The van der Waals surface area contributed by atoms with Crippen LogP contribution in [0.1, 0.15) is 28.5 Å². The van der Waals surface area contributed by atoms with Crippen molar-refractivity contribution in [3.05, 3.63) is 59.4 Å². The zero-order chi connectivity index (χ0) is 22.9. The number of benzene rings is 1. The molecule has 9 heteroatoms. The highest BCUT2D eigenvalue weighted by atomic mass is 16.5. The Bertz CT molecular complexity index is 1320. The number of anilines is 1. The van der Waals surface area contributed by atoms with Gasteiger partial charge < -0.3 is 15.0 Å². The van der Waals surface area contributed by atoms with Gasteiger partial charge in [0.2, 0.25) is 0 Å². The first-order valence-electron chi connectivity index (χ1n) is 11.2. The number of aryl methyl sites for hydroxylation is 2. The van der Waals surface area contributed by atoms with Crippen LogP contribution in [0.25, 0.3) is 22.7 Å². The van der Waals surface area contributed by atoms with Crippen LogP contribution in [0.15, 0.2) is 42.6 Å². The number of carbonyl (C=O) groups is 1. The summed E-state index contributed by atoms with van der Waals surface area (Å²) in [6, 6.07) is 12.2. The van der Waals surface area contributed by atoms with Gasteiger partial charge in [0.15, 0.2) is 17.2 Å². The Labute approximate surface area is 192 Å². The van der Waals surface area contributed by atoms with Gasteiger partial charge >= 0.3 is 0 Å². The third-order valence-corrected chi connectivity index (χ3v) is 5.92. The highest BCUT2D eigenvalue weighted by Gasteiger charge is 2.24. The lowest BCUT2D eigenvalue weighted by molar-refractivity contribution is 0.0957. The summed E-state index contributed by atoms with van der Waals surface area (Å²) in [5.41, 5.74) is 5.01. The Morgan fingerprint density at radius 1 is 1.15 bits per heavy atom. The summed E-state index contributed by atoms with van der Waals surface area (Å²) in [5, 5.41) is 12.2. The SMILES string of the molecule is CCc1c(C(=O)NC)nn2c(N3CCOCC3)cc(-n3ccc(-c4cccc(C)c4)n3)nc12. The summed E-state index contributed by atoms with van der Waals surface area (Å²) in [7, 11) is 1.62. The van der Waals surface area contributed by atoms with Gasteiger partial charge in [-0.15, -0.1) is 0 Å². The molecule has 0 atom stereocenters. The van der Waals surface area contributed by atoms with E-state index in [1.807, 2.05) is 31.3 Å². The highest BCUT2D eigenvalue weighted by Crippen LogP contribution is 2.26. The first-order valence-corrected chi connectivity index (χ1v) is 11.2. The minimum absolute atomic E-state index is 0.215. The fraction of sp³-hybridized carbons (Fsp3) is 0.333. The second-order valence-corrected chi connectivity index (χ2v) is 8.08. The summed E-state index contributed by atoms with van der Waals surface area (Å²) in [4.78, 5) is 19.6. The maximum atomic E-state index is 12.5. The van der Waals surface area contributed by atoms with Gasteiger partial charge in [-0.25, -0.2) is 9.67 Å². The lowest BCUT2D eigenvalue weighted by atomic mass is 10.1. The first kappa shape index (κ1) is 21.1. The standard InChI is InChI=1S/C24H27N7O2/c1-4-18-22(24(32)25-3)28-31-21(29-10-12-33-13-11-29)15-20(26-23(18)31)30-9-8-19(27-30)17-7-5-6-16(2)14-17/h5-9,14-15H,4,10-13H2,1-3H3,(H,25,32). The molecule has 5 rings (SSSR count). The van der Waals surface area contributed by atoms with Gasteiger partial charge in [0.25, 0.3) is 5.91 Å². The Hall–Kier alpha value is -3.72. The van der Waals surface area contributed by atoms with Crippen LogP contribution in [0.4, 0.5) is 5.82 Å². The summed E-state index contributed by atoms with van der Waals surface area (Å²) < 4.78 is 9.11. The first-order chi connectivity index (χ1) is 16.1. The minimum Gasteiger partial charge on any atom is -0.378 e. The van der Waals surface area contributed by atoms with Crippen molar-refractivity contribution < 1.29 is 9.53 Å². The number of morpholine rings is 1. The van der Waals surface area contributed by atoms with Crippen LogP contribution in [0.2, 0.25) is 0 Å². The molecule has 1 fully saturated rings. The lowest BCUT2D eigenvalue weighted by Crippen LogP contribution is -2.37. The molecule has 33 heavy (non-hydrogen) atoms. The van der Waals surface area contributed by atoms with E-state index in [1.165, 1.54) is 5.56 Å². The average molecular weight is 446 g/mol. The van der Waals surface area contributed by atoms with Gasteiger partial charge in [0.1, 0.15) is 5.82 Å². The van der Waals surface area contributed by atoms with Crippen LogP contribution < -0.4 is 10.2 Å². The van der Waals surface area contributed by atoms with Crippen molar-refractivity contribution >= 4 is 17.4 Å². The van der Waals surface area contributed by atoms with Crippen molar-refractivity contribution in [2.75, 3.05) is 38.3 Å². The van der Waals surface area contributed by atoms with E-state index >= 15 is 0 Å². The monoisotopic (exact) mass is 445 g/mol. The van der Waals surface area contributed by atoms with Gasteiger partial charge in [0, 0.05) is 43.5 Å². The highest BCUT2D eigenvalue weighted by molar-refractivity contribution is 5.95. The number of rotatable bonds is 5. The van der Waals surface area contributed by atoms with E-state index in [0.29, 0.717) is 36.8 Å². The molecule has 1 amide bonds. The number of fused-ring (bicyclic) bond motifs is 1. The second kappa shape index (κ2) is 8.67. The molecule has 170 valence electrons. The normalized spacial score (nSPS) is 14.1. The van der Waals surface area contributed by atoms with Crippen LogP contribution in [0, 0.1) is 6.92 Å². The Morgan fingerprint density at radius 3 is 2.70 bits per heavy atom. The fourth-order valence-electron chi connectivity index (χ4n) is 4.20. The van der Waals surface area contributed by atoms with E-state index in [0.717, 1.165) is 35.7 Å². The molecule has 4 aromatic rings. The van der Waals surface area contributed by atoms with Crippen LogP contribution in [-0.2, 0) is 11.2 Å². The summed E-state index contributed by atoms with van der Waals surface area (Å²) in [6.07, 6.45) is 2.56. The lowest BCUT2D eigenvalue weighted by Gasteiger charge is -2.29. The Balaban J connectivity index is 1.67. The van der Waals surface area contributed by atoms with Crippen LogP contribution in [0.5, 0.6) is 0 Å². The van der Waals surface area contributed by atoms with Gasteiger partial charge in [-0.2, -0.15) is 14.7 Å². The predicted octanol–water partition coefficient (Wildman–Crippen LogP) is 2.65. The maximum Gasteiger partial charge on any atom is 0.271 e. The fourth-order valence-corrected chi connectivity index (χ4v) is 4.20. The Kier molecular flexibility index (Phi) is 5.55. The van der Waals surface area contributed by atoms with Crippen LogP contribution in [-0.4, -0.2) is 63.6 Å². The van der Waals surface area contributed by atoms with E-state index in [1.54, 1.807) is 16.2 Å². The van der Waals surface area contributed by atoms with Crippen LogP contribution in [0.3, 0.4) is 0 Å². The molecule has 1 aliphatic heterocycles. The summed E-state index contributed by atoms with van der Waals surface area (Å²) in [5.74, 6) is 1.34. The zero-order valence-electron chi connectivity index (χ0n) is 19.1. The zero-order valence-corrected chi connectivity index (χ0v) is 19.1. The van der Waals surface area contributed by atoms with Gasteiger partial charge in [-0.05, 0) is 25.5 Å². The summed E-state index contributed by atoms with van der Waals surface area (Å²) in [6.45, 7) is 6.84. The van der Waals surface area contributed by atoms with Crippen molar-refractivity contribution in [3.8, 4) is 17.1 Å². The van der Waals surface area contributed by atoms with Crippen molar-refractivity contribution in [1.29, 1.82) is 0 Å². The molecule has 0 saturated carbocycles. The molecule has 1 aliphatic rings. The van der Waals surface area contributed by atoms with Crippen molar-refractivity contribution in [1.82, 2.24) is 29.7 Å². The number of hydrogen-bond donors (Lipinski definition) is 1. The third kappa shape index (κ3) is 3.84. The molecule has 3 aromatic heterocycles. The Morgan fingerprint density at radius 2 is 1.97 bits per heavy atom. The predicted molar refractivity (Wildman–Crippen MR) is 126 cm³/mol. The number of ether oxygens (including phenoxy) is 1. The third-order valence-electron chi connectivity index (χ3n) is 5.92. The number of aromatic nitrogens is 5. The molecule has 0 spiro atoms. The molecule has 9 nitrogen and oxygen atoms in total. The molecular weight excluding hydrogens is 418 g/mol. The van der Waals surface area contributed by atoms with Crippen molar-refractivity contribution in [2.24, 2.45) is 0 Å². The molecule has 0 radical (unpaired) electrons. The van der Waals surface area contributed by atoms with E-state index in [9.17, 15) is 4.79 Å². The molecule has 0 unspecified atom stereocenters. The van der Waals surface area contributed by atoms with Gasteiger partial charge in [-0.3, -0.25) is 4.79 Å². The van der Waals surface area contributed by atoms with E-state index in [4.69, 9.17) is 14.8 Å². The largest absolute Gasteiger partial charge is 0.378 e. The number of hydrogen-bond acceptors (Lipinski definition) is 6. The molecule has 0 aliphatic carbocycles. The van der Waals surface area contributed by atoms with Gasteiger partial charge in [-0.1, -0.05) is 30.7 Å². The quantitative estimate of drug-likeness (QED) is 0.508. The van der Waals surface area contributed by atoms with E-state index in [2.05, 4.69) is 40.4 Å². The van der Waals surface area contributed by atoms with E-state index in [-0.39, 0.29) is 5.91 Å². The molecule has 1 saturated heterocycles. The minimum atomic E-state index is -0.215. The van der Waals surface area contributed by atoms with Gasteiger partial charge in [0.05, 0.1) is 18.9 Å². The molecular formula is C24H27N7O2. The number of nitrogens with zero attached hydrogens (tertiary/aromatic N) is 6. The molecule has 1 N–H and O–H groups in total. The average Bonchev–Trinajstić information content (AvgIpc) is 3.48. The van der Waals surface area contributed by atoms with Crippen LogP contribution >= 0.6 is 0 Å². The topological polar surface area (TPSA) is 89.6 Å². The molecule has 1 aromatic carbocycles. The number of nitrogens with one attached hydrogen (secondary N) is 1. The van der Waals surface area contributed by atoms with Crippen molar-refractivity contribution in [3.63, 3.8) is 0 Å². The molecule has 0 bridgehead atoms. The smallest absolute Gasteiger partial charge is 0.271 e. The number of carbonyl (C=O) groups excluding carboxylic acids is 1. The second-order valence-electron chi connectivity index (χ2n) is 8.08. The molecule has 4 heterocycles. The van der Waals surface area contributed by atoms with E-state index < -0.39 is 0 Å².